The van der Waals surface area contributed by atoms with Crippen molar-refractivity contribution >= 4 is 17.6 Å². The minimum absolute atomic E-state index is 0.00185. The molecular formula is C15H20N2O8. The molecule has 138 valence electrons. The first-order valence-electron chi connectivity index (χ1n) is 7.17. The Morgan fingerprint density at radius 1 is 1.36 bits per heavy atom. The van der Waals surface area contributed by atoms with Crippen molar-refractivity contribution in [1.29, 1.82) is 0 Å². The predicted molar refractivity (Wildman–Crippen MR) is 85.8 cm³/mol. The summed E-state index contributed by atoms with van der Waals surface area (Å²) in [4.78, 5) is 33.1. The molecule has 1 atom stereocenters. The topological polar surface area (TPSA) is 137 Å². The monoisotopic (exact) mass is 356 g/mol. The van der Waals surface area contributed by atoms with E-state index in [-0.39, 0.29) is 30.2 Å². The first-order chi connectivity index (χ1) is 11.7. The van der Waals surface area contributed by atoms with Crippen LogP contribution in [0.15, 0.2) is 18.2 Å². The van der Waals surface area contributed by atoms with Gasteiger partial charge in [-0.2, -0.15) is 0 Å². The van der Waals surface area contributed by atoms with Crippen LogP contribution in [0.1, 0.15) is 13.3 Å². The molecule has 0 bridgehead atoms. The van der Waals surface area contributed by atoms with Gasteiger partial charge in [0.15, 0.2) is 6.61 Å². The van der Waals surface area contributed by atoms with Gasteiger partial charge in [0, 0.05) is 19.2 Å². The van der Waals surface area contributed by atoms with Gasteiger partial charge < -0.3 is 24.6 Å². The zero-order valence-electron chi connectivity index (χ0n) is 14.1. The fourth-order valence-corrected chi connectivity index (χ4v) is 2.20. The van der Waals surface area contributed by atoms with E-state index in [0.29, 0.717) is 0 Å². The van der Waals surface area contributed by atoms with Gasteiger partial charge in [-0.25, -0.2) is 0 Å². The molecule has 2 N–H and O–H groups in total. The van der Waals surface area contributed by atoms with Gasteiger partial charge in [-0.3, -0.25) is 19.7 Å². The van der Waals surface area contributed by atoms with E-state index in [1.165, 1.54) is 39.3 Å². The Labute approximate surface area is 143 Å². The fraction of sp³-hybridized carbons (Fsp3) is 0.467. The number of carbonyl (C=O) groups excluding carboxylic acids is 1. The van der Waals surface area contributed by atoms with E-state index in [1.54, 1.807) is 0 Å². The summed E-state index contributed by atoms with van der Waals surface area (Å²) >= 11 is 0. The minimum Gasteiger partial charge on any atom is -0.490 e. The first-order valence-corrected chi connectivity index (χ1v) is 7.17. The standard InChI is InChI=1S/C15H20N2O8/c1-15(9-23-2,7-14(19)20)16-13(18)8-25-10-4-5-11(17(21)22)12(6-10)24-3/h4-6H,7-9H2,1-3H3,(H,16,18)(H,19,20). The molecule has 0 saturated carbocycles. The average molecular weight is 356 g/mol. The largest absolute Gasteiger partial charge is 0.490 e. The lowest BCUT2D eigenvalue weighted by Crippen LogP contribution is -2.52. The molecule has 25 heavy (non-hydrogen) atoms. The lowest BCUT2D eigenvalue weighted by atomic mass is 9.99. The predicted octanol–water partition coefficient (Wildman–Crippen LogP) is 0.978. The molecule has 1 aromatic carbocycles. The van der Waals surface area contributed by atoms with Crippen LogP contribution in [0.5, 0.6) is 11.5 Å². The number of nitro benzene ring substituents is 1. The molecule has 0 aliphatic carbocycles. The van der Waals surface area contributed by atoms with E-state index < -0.39 is 28.9 Å². The van der Waals surface area contributed by atoms with Gasteiger partial charge in [0.2, 0.25) is 5.75 Å². The van der Waals surface area contributed by atoms with E-state index in [4.69, 9.17) is 19.3 Å². The van der Waals surface area contributed by atoms with Crippen LogP contribution in [-0.2, 0) is 14.3 Å². The normalized spacial score (nSPS) is 12.8. The van der Waals surface area contributed by atoms with Crippen molar-refractivity contribution in [2.75, 3.05) is 27.4 Å². The number of aliphatic carboxylic acids is 1. The van der Waals surface area contributed by atoms with Crippen LogP contribution in [0, 0.1) is 10.1 Å². The number of nitrogens with one attached hydrogen (secondary N) is 1. The fourth-order valence-electron chi connectivity index (χ4n) is 2.20. The molecule has 10 nitrogen and oxygen atoms in total. The third-order valence-electron chi connectivity index (χ3n) is 3.16. The van der Waals surface area contributed by atoms with Crippen LogP contribution in [0.4, 0.5) is 5.69 Å². The molecule has 1 unspecified atom stereocenters. The molecular weight excluding hydrogens is 336 g/mol. The van der Waals surface area contributed by atoms with Gasteiger partial charge >= 0.3 is 11.7 Å². The number of hydrogen-bond donors (Lipinski definition) is 2. The maximum atomic E-state index is 12.0. The Morgan fingerprint density at radius 2 is 2.04 bits per heavy atom. The smallest absolute Gasteiger partial charge is 0.311 e. The summed E-state index contributed by atoms with van der Waals surface area (Å²) in [7, 11) is 2.67. The van der Waals surface area contributed by atoms with E-state index in [1.807, 2.05) is 0 Å². The van der Waals surface area contributed by atoms with Crippen LogP contribution >= 0.6 is 0 Å². The first kappa shape index (κ1) is 20.2. The Hall–Kier alpha value is -2.88. The number of nitro groups is 1. The number of nitrogens with zero attached hydrogens (tertiary/aromatic N) is 1. The SMILES string of the molecule is COCC(C)(CC(=O)O)NC(=O)COc1ccc([N+](=O)[O-])c(OC)c1. The third kappa shape index (κ3) is 6.26. The van der Waals surface area contributed by atoms with Crippen molar-refractivity contribution in [3.05, 3.63) is 28.3 Å². The molecule has 1 rings (SSSR count). The number of hydrogen-bond acceptors (Lipinski definition) is 7. The molecule has 0 fully saturated rings. The highest BCUT2D eigenvalue weighted by molar-refractivity contribution is 5.79. The van der Waals surface area contributed by atoms with E-state index >= 15 is 0 Å². The molecule has 0 saturated heterocycles. The number of methoxy groups -OCH3 is 2. The molecule has 0 spiro atoms. The van der Waals surface area contributed by atoms with Gasteiger partial charge in [-0.15, -0.1) is 0 Å². The summed E-state index contributed by atoms with van der Waals surface area (Å²) in [6.07, 6.45) is -0.321. The van der Waals surface area contributed by atoms with Gasteiger partial charge in [0.1, 0.15) is 5.75 Å². The van der Waals surface area contributed by atoms with Crippen LogP contribution in [0.25, 0.3) is 0 Å². The third-order valence-corrected chi connectivity index (χ3v) is 3.16. The van der Waals surface area contributed by atoms with Crippen molar-refractivity contribution in [2.24, 2.45) is 0 Å². The second kappa shape index (κ2) is 8.83. The second-order valence-electron chi connectivity index (χ2n) is 5.49. The number of ether oxygens (including phenoxy) is 3. The van der Waals surface area contributed by atoms with Gasteiger partial charge in [-0.1, -0.05) is 0 Å². The Kier molecular flexibility index (Phi) is 7.12. The zero-order chi connectivity index (χ0) is 19.0. The highest BCUT2D eigenvalue weighted by Crippen LogP contribution is 2.30. The van der Waals surface area contributed by atoms with Crippen molar-refractivity contribution < 1.29 is 33.8 Å². The van der Waals surface area contributed by atoms with Crippen molar-refractivity contribution in [2.45, 2.75) is 18.9 Å². The van der Waals surface area contributed by atoms with E-state index in [0.717, 1.165) is 0 Å². The number of benzene rings is 1. The highest BCUT2D eigenvalue weighted by Gasteiger charge is 2.29. The van der Waals surface area contributed by atoms with Crippen LogP contribution in [0.3, 0.4) is 0 Å². The van der Waals surface area contributed by atoms with Crippen molar-refractivity contribution in [3.8, 4) is 11.5 Å². The Morgan fingerprint density at radius 3 is 2.56 bits per heavy atom. The maximum absolute atomic E-state index is 12.0. The lowest BCUT2D eigenvalue weighted by Gasteiger charge is -2.28. The number of rotatable bonds is 10. The van der Waals surface area contributed by atoms with E-state index in [2.05, 4.69) is 5.32 Å². The van der Waals surface area contributed by atoms with Crippen LogP contribution in [-0.4, -0.2) is 54.9 Å². The quantitative estimate of drug-likeness (QED) is 0.467. The van der Waals surface area contributed by atoms with Gasteiger partial charge in [-0.05, 0) is 13.0 Å². The number of carbonyl (C=O) groups is 2. The van der Waals surface area contributed by atoms with Crippen LogP contribution in [0.2, 0.25) is 0 Å². The summed E-state index contributed by atoms with van der Waals surface area (Å²) in [5.41, 5.74) is -1.32. The van der Waals surface area contributed by atoms with E-state index in [9.17, 15) is 19.7 Å². The number of carboxylic acids is 1. The second-order valence-corrected chi connectivity index (χ2v) is 5.49. The molecule has 1 amide bonds. The summed E-state index contributed by atoms with van der Waals surface area (Å²) < 4.78 is 15.1. The number of amides is 1. The average Bonchev–Trinajstić information content (AvgIpc) is 2.51. The molecule has 0 aliphatic heterocycles. The number of carboxylic acid groups (broad SMARTS) is 1. The molecule has 0 heterocycles. The molecule has 0 aromatic heterocycles. The molecule has 1 aromatic rings. The zero-order valence-corrected chi connectivity index (χ0v) is 14.1. The van der Waals surface area contributed by atoms with Crippen LogP contribution < -0.4 is 14.8 Å². The van der Waals surface area contributed by atoms with Crippen molar-refractivity contribution in [1.82, 2.24) is 5.32 Å². The highest BCUT2D eigenvalue weighted by atomic mass is 16.6. The van der Waals surface area contributed by atoms with Gasteiger partial charge in [0.25, 0.3) is 5.91 Å². The molecule has 0 aliphatic rings. The molecule has 10 heteroatoms. The van der Waals surface area contributed by atoms with Crippen molar-refractivity contribution in [3.63, 3.8) is 0 Å². The Balaban J connectivity index is 2.72. The Bertz CT molecular complexity index is 648. The molecule has 0 radical (unpaired) electrons. The minimum atomic E-state index is -1.09. The summed E-state index contributed by atoms with van der Waals surface area (Å²) in [6.45, 7) is 1.15. The summed E-state index contributed by atoms with van der Waals surface area (Å²) in [5.74, 6) is -1.44. The summed E-state index contributed by atoms with van der Waals surface area (Å²) in [6, 6.07) is 3.82. The lowest BCUT2D eigenvalue weighted by molar-refractivity contribution is -0.385. The maximum Gasteiger partial charge on any atom is 0.311 e. The van der Waals surface area contributed by atoms with Gasteiger partial charge in [0.05, 0.1) is 30.6 Å². The summed E-state index contributed by atoms with van der Waals surface area (Å²) in [5, 5.41) is 22.3.